The van der Waals surface area contributed by atoms with Crippen molar-refractivity contribution in [3.8, 4) is 11.4 Å². The van der Waals surface area contributed by atoms with Gasteiger partial charge in [0.2, 0.25) is 0 Å². The lowest BCUT2D eigenvalue weighted by atomic mass is 9.91. The van der Waals surface area contributed by atoms with Crippen LogP contribution in [0.1, 0.15) is 36.0 Å². The van der Waals surface area contributed by atoms with Gasteiger partial charge in [0.15, 0.2) is 5.65 Å². The molecule has 9 heteroatoms. The molecule has 30 heavy (non-hydrogen) atoms. The Balaban J connectivity index is 1.51. The third kappa shape index (κ3) is 3.32. The number of carbonyl (C=O) groups is 1. The first-order valence-corrected chi connectivity index (χ1v) is 10.4. The fourth-order valence-electron chi connectivity index (χ4n) is 4.22. The molecule has 1 unspecified atom stereocenters. The van der Waals surface area contributed by atoms with Crippen molar-refractivity contribution in [2.75, 3.05) is 0 Å². The Kier molecular flexibility index (Phi) is 4.67. The number of rotatable bonds is 3. The lowest BCUT2D eigenvalue weighted by Gasteiger charge is -2.27. The molecule has 0 bridgehead atoms. The number of carbonyl (C=O) groups excluding carboxylic acids is 1. The molecule has 3 aromatic heterocycles. The molecule has 0 radical (unpaired) electrons. The zero-order chi connectivity index (χ0) is 20.8. The van der Waals surface area contributed by atoms with Gasteiger partial charge < -0.3 is 16.0 Å². The minimum atomic E-state index is -0.163. The zero-order valence-corrected chi connectivity index (χ0v) is 17.3. The highest BCUT2D eigenvalue weighted by molar-refractivity contribution is 6.31. The highest BCUT2D eigenvalue weighted by Crippen LogP contribution is 2.29. The standard InChI is InChI=1S/C21H22ClN7O/c1-29-17-7-11(22)5-6-14(17)18(28-29)16-10-25-20-19(27-16)15(9-24-20)21(30)26-13-4-2-3-12(23)8-13/h5-7,9-10,12-13H,2-4,8,23H2,1H3,(H,24,25)(H,26,30)/t12-,13?/m1/s1. The van der Waals surface area contributed by atoms with Crippen LogP contribution in [0.4, 0.5) is 0 Å². The van der Waals surface area contributed by atoms with Crippen molar-refractivity contribution in [2.45, 2.75) is 37.8 Å². The van der Waals surface area contributed by atoms with Gasteiger partial charge in [0, 0.05) is 35.7 Å². The monoisotopic (exact) mass is 423 g/mol. The first-order valence-electron chi connectivity index (χ1n) is 10.0. The fourth-order valence-corrected chi connectivity index (χ4v) is 4.39. The molecule has 1 aliphatic rings. The molecular formula is C21H22ClN7O. The van der Waals surface area contributed by atoms with E-state index in [2.05, 4.69) is 20.4 Å². The maximum atomic E-state index is 12.9. The van der Waals surface area contributed by atoms with Crippen LogP contribution in [0.5, 0.6) is 0 Å². The summed E-state index contributed by atoms with van der Waals surface area (Å²) >= 11 is 6.13. The van der Waals surface area contributed by atoms with E-state index in [1.807, 2.05) is 25.2 Å². The molecule has 5 rings (SSSR count). The maximum absolute atomic E-state index is 12.9. The van der Waals surface area contributed by atoms with Crippen LogP contribution >= 0.6 is 11.6 Å². The third-order valence-electron chi connectivity index (χ3n) is 5.73. The number of halogens is 1. The van der Waals surface area contributed by atoms with Gasteiger partial charge >= 0.3 is 0 Å². The van der Waals surface area contributed by atoms with Gasteiger partial charge in [-0.05, 0) is 43.9 Å². The predicted molar refractivity (Wildman–Crippen MR) is 116 cm³/mol. The number of aromatic amines is 1. The molecule has 0 saturated heterocycles. The number of nitrogens with zero attached hydrogens (tertiary/aromatic N) is 4. The van der Waals surface area contributed by atoms with Gasteiger partial charge in [-0.15, -0.1) is 0 Å². The molecular weight excluding hydrogens is 402 g/mol. The van der Waals surface area contributed by atoms with Gasteiger partial charge in [-0.1, -0.05) is 11.6 Å². The predicted octanol–water partition coefficient (Wildman–Crippen LogP) is 3.16. The van der Waals surface area contributed by atoms with E-state index in [9.17, 15) is 4.79 Å². The lowest BCUT2D eigenvalue weighted by Crippen LogP contribution is -2.42. The first-order chi connectivity index (χ1) is 14.5. The average Bonchev–Trinajstić information content (AvgIpc) is 3.29. The second kappa shape index (κ2) is 7.37. The minimum absolute atomic E-state index is 0.0897. The Bertz CT molecular complexity index is 1260. The van der Waals surface area contributed by atoms with Crippen LogP contribution in [-0.2, 0) is 7.05 Å². The molecule has 1 saturated carbocycles. The Morgan fingerprint density at radius 3 is 3.07 bits per heavy atom. The molecule has 0 spiro atoms. The molecule has 154 valence electrons. The number of aryl methyl sites for hydroxylation is 1. The number of hydrogen-bond acceptors (Lipinski definition) is 5. The van der Waals surface area contributed by atoms with Gasteiger partial charge in [0.25, 0.3) is 5.91 Å². The van der Waals surface area contributed by atoms with E-state index in [4.69, 9.17) is 22.3 Å². The number of amides is 1. The summed E-state index contributed by atoms with van der Waals surface area (Å²) in [6, 6.07) is 5.84. The summed E-state index contributed by atoms with van der Waals surface area (Å²) in [6.45, 7) is 0. The highest BCUT2D eigenvalue weighted by Gasteiger charge is 2.23. The number of benzene rings is 1. The number of aromatic nitrogens is 5. The smallest absolute Gasteiger partial charge is 0.255 e. The molecule has 4 N–H and O–H groups in total. The second-order valence-electron chi connectivity index (χ2n) is 7.89. The van der Waals surface area contributed by atoms with Crippen LogP contribution in [0, 0.1) is 0 Å². The van der Waals surface area contributed by atoms with Gasteiger partial charge in [-0.25, -0.2) is 9.97 Å². The number of nitrogens with one attached hydrogen (secondary N) is 2. The van der Waals surface area contributed by atoms with Gasteiger partial charge in [0.1, 0.15) is 16.9 Å². The van der Waals surface area contributed by atoms with Crippen LogP contribution in [0.3, 0.4) is 0 Å². The fraction of sp³-hybridized carbons (Fsp3) is 0.333. The van der Waals surface area contributed by atoms with Crippen LogP contribution in [-0.4, -0.2) is 42.7 Å². The van der Waals surface area contributed by atoms with Crippen LogP contribution in [0.2, 0.25) is 5.02 Å². The number of fused-ring (bicyclic) bond motifs is 2. The molecule has 2 atom stereocenters. The van der Waals surface area contributed by atoms with Crippen molar-refractivity contribution in [3.63, 3.8) is 0 Å². The van der Waals surface area contributed by atoms with Crippen LogP contribution in [0.25, 0.3) is 33.5 Å². The topological polar surface area (TPSA) is 115 Å². The Labute approximate surface area is 177 Å². The van der Waals surface area contributed by atoms with Crippen molar-refractivity contribution in [3.05, 3.63) is 41.2 Å². The molecule has 3 heterocycles. The van der Waals surface area contributed by atoms with Crippen LogP contribution in [0.15, 0.2) is 30.6 Å². The molecule has 8 nitrogen and oxygen atoms in total. The van der Waals surface area contributed by atoms with E-state index in [-0.39, 0.29) is 18.0 Å². The SMILES string of the molecule is Cn1nc(-c2cnc3[nH]cc(C(=O)NC4CCC[C@@H](N)C4)c3n2)c2ccc(Cl)cc21. The van der Waals surface area contributed by atoms with Crippen molar-refractivity contribution >= 4 is 39.6 Å². The largest absolute Gasteiger partial charge is 0.349 e. The van der Waals surface area contributed by atoms with E-state index in [1.54, 1.807) is 17.1 Å². The van der Waals surface area contributed by atoms with Crippen molar-refractivity contribution in [1.82, 2.24) is 30.0 Å². The Morgan fingerprint density at radius 1 is 1.37 bits per heavy atom. The molecule has 1 amide bonds. The average molecular weight is 424 g/mol. The van der Waals surface area contributed by atoms with E-state index >= 15 is 0 Å². The van der Waals surface area contributed by atoms with E-state index in [0.717, 1.165) is 36.6 Å². The van der Waals surface area contributed by atoms with E-state index < -0.39 is 0 Å². The third-order valence-corrected chi connectivity index (χ3v) is 5.97. The van der Waals surface area contributed by atoms with Gasteiger partial charge in [0.05, 0.1) is 17.3 Å². The molecule has 1 fully saturated rings. The summed E-state index contributed by atoms with van der Waals surface area (Å²) in [6.07, 6.45) is 7.10. The van der Waals surface area contributed by atoms with Gasteiger partial charge in [-0.3, -0.25) is 9.48 Å². The summed E-state index contributed by atoms with van der Waals surface area (Å²) in [4.78, 5) is 25.2. The molecule has 4 aromatic rings. The summed E-state index contributed by atoms with van der Waals surface area (Å²) in [5.41, 5.74) is 9.82. The van der Waals surface area contributed by atoms with Gasteiger partial charge in [-0.2, -0.15) is 5.10 Å². The highest BCUT2D eigenvalue weighted by atomic mass is 35.5. The Morgan fingerprint density at radius 2 is 2.23 bits per heavy atom. The summed E-state index contributed by atoms with van der Waals surface area (Å²) < 4.78 is 1.76. The lowest BCUT2D eigenvalue weighted by molar-refractivity contribution is 0.0927. The van der Waals surface area contributed by atoms with Crippen LogP contribution < -0.4 is 11.1 Å². The zero-order valence-electron chi connectivity index (χ0n) is 16.5. The van der Waals surface area contributed by atoms with E-state index in [0.29, 0.717) is 33.1 Å². The molecule has 0 aliphatic heterocycles. The van der Waals surface area contributed by atoms with Crippen molar-refractivity contribution in [1.29, 1.82) is 0 Å². The van der Waals surface area contributed by atoms with E-state index in [1.165, 1.54) is 0 Å². The first kappa shape index (κ1) is 19.0. The quantitative estimate of drug-likeness (QED) is 0.468. The maximum Gasteiger partial charge on any atom is 0.255 e. The number of hydrogen-bond donors (Lipinski definition) is 3. The normalized spacial score (nSPS) is 19.4. The molecule has 1 aromatic carbocycles. The van der Waals surface area contributed by atoms with Crippen molar-refractivity contribution < 1.29 is 4.79 Å². The number of H-pyrrole nitrogens is 1. The Hall–Kier alpha value is -2.97. The molecule has 1 aliphatic carbocycles. The summed E-state index contributed by atoms with van der Waals surface area (Å²) in [7, 11) is 1.86. The van der Waals surface area contributed by atoms with Crippen molar-refractivity contribution in [2.24, 2.45) is 12.8 Å². The summed E-state index contributed by atoms with van der Waals surface area (Å²) in [5.74, 6) is -0.163. The summed E-state index contributed by atoms with van der Waals surface area (Å²) in [5, 5.41) is 9.27. The second-order valence-corrected chi connectivity index (χ2v) is 8.32. The minimum Gasteiger partial charge on any atom is -0.349 e. The number of nitrogens with two attached hydrogens (primary N) is 1.